The molecule has 1 fully saturated rings. The minimum Gasteiger partial charge on any atom is -0.493 e. The molecule has 1 saturated heterocycles. The number of ether oxygens (including phenoxy) is 4. The number of anilines is 3. The van der Waals surface area contributed by atoms with Gasteiger partial charge in [0.05, 0.1) is 34.5 Å². The van der Waals surface area contributed by atoms with Crippen LogP contribution in [-0.2, 0) is 9.53 Å². The number of benzene rings is 1. The van der Waals surface area contributed by atoms with Crippen molar-refractivity contribution in [3.63, 3.8) is 0 Å². The van der Waals surface area contributed by atoms with Gasteiger partial charge in [0.1, 0.15) is 0 Å². The first-order valence-electron chi connectivity index (χ1n) is 11.1. The predicted molar refractivity (Wildman–Crippen MR) is 127 cm³/mol. The van der Waals surface area contributed by atoms with Crippen molar-refractivity contribution >= 4 is 29.1 Å². The zero-order valence-electron chi connectivity index (χ0n) is 20.0. The van der Waals surface area contributed by atoms with Crippen molar-refractivity contribution < 1.29 is 23.7 Å². The number of amides is 1. The second kappa shape index (κ2) is 10.6. The molecule has 0 spiro atoms. The van der Waals surface area contributed by atoms with E-state index >= 15 is 0 Å². The molecule has 1 aromatic carbocycles. The number of carbonyl (C=O) groups is 1. The summed E-state index contributed by atoms with van der Waals surface area (Å²) >= 11 is 0. The van der Waals surface area contributed by atoms with Gasteiger partial charge in [0, 0.05) is 50.9 Å². The normalized spacial score (nSPS) is 16.1. The summed E-state index contributed by atoms with van der Waals surface area (Å²) in [5, 5.41) is 3.26. The van der Waals surface area contributed by atoms with Crippen molar-refractivity contribution in [1.29, 1.82) is 0 Å². The predicted octanol–water partition coefficient (Wildman–Crippen LogP) is 2.11. The van der Waals surface area contributed by atoms with E-state index in [4.69, 9.17) is 28.9 Å². The number of nitrogens with one attached hydrogen (secondary N) is 1. The molecule has 0 aliphatic carbocycles. The van der Waals surface area contributed by atoms with Crippen molar-refractivity contribution in [2.75, 3.05) is 70.9 Å². The third-order valence-corrected chi connectivity index (χ3v) is 5.78. The maximum absolute atomic E-state index is 11.7. The maximum Gasteiger partial charge on any atom is 0.232 e. The molecular weight excluding hydrogens is 440 g/mol. The molecule has 0 unspecified atom stereocenters. The van der Waals surface area contributed by atoms with E-state index in [9.17, 15) is 4.79 Å². The van der Waals surface area contributed by atoms with E-state index in [0.717, 1.165) is 5.57 Å². The molecule has 4 rings (SSSR count). The number of hydrogen-bond acceptors (Lipinski definition) is 10. The van der Waals surface area contributed by atoms with Crippen LogP contribution in [0.4, 0.5) is 17.6 Å². The Morgan fingerprint density at radius 3 is 2.26 bits per heavy atom. The summed E-state index contributed by atoms with van der Waals surface area (Å²) < 4.78 is 21.8. The van der Waals surface area contributed by atoms with Gasteiger partial charge < -0.3 is 34.1 Å². The first-order valence-corrected chi connectivity index (χ1v) is 11.1. The summed E-state index contributed by atoms with van der Waals surface area (Å²) in [5.74, 6) is 3.18. The van der Waals surface area contributed by atoms with Gasteiger partial charge in [-0.25, -0.2) is 0 Å². The summed E-state index contributed by atoms with van der Waals surface area (Å²) in [6.45, 7) is 5.39. The number of aromatic nitrogens is 3. The van der Waals surface area contributed by atoms with Crippen molar-refractivity contribution in [2.45, 2.75) is 13.3 Å². The van der Waals surface area contributed by atoms with Gasteiger partial charge in [0.25, 0.3) is 0 Å². The van der Waals surface area contributed by atoms with Crippen molar-refractivity contribution in [3.05, 3.63) is 24.0 Å². The number of methoxy groups -OCH3 is 3. The molecular formula is C23H30N6O5. The lowest BCUT2D eigenvalue weighted by Crippen LogP contribution is -2.37. The molecule has 0 saturated carbocycles. The van der Waals surface area contributed by atoms with E-state index in [0.29, 0.717) is 86.5 Å². The van der Waals surface area contributed by atoms with Crippen LogP contribution in [0.2, 0.25) is 0 Å². The van der Waals surface area contributed by atoms with Gasteiger partial charge in [0.2, 0.25) is 23.6 Å². The number of nitrogens with zero attached hydrogens (tertiary/aromatic N) is 5. The average Bonchev–Trinajstić information content (AvgIpc) is 2.88. The smallest absolute Gasteiger partial charge is 0.232 e. The Morgan fingerprint density at radius 2 is 1.71 bits per heavy atom. The molecule has 2 aliphatic heterocycles. The van der Waals surface area contributed by atoms with Crippen LogP contribution in [0.25, 0.3) is 5.57 Å². The topological polar surface area (TPSA) is 111 Å². The lowest BCUT2D eigenvalue weighted by Gasteiger charge is -2.28. The lowest BCUT2D eigenvalue weighted by molar-refractivity contribution is -0.128. The van der Waals surface area contributed by atoms with Crippen LogP contribution in [0.1, 0.15) is 19.2 Å². The van der Waals surface area contributed by atoms with E-state index in [1.165, 1.54) is 0 Å². The van der Waals surface area contributed by atoms with Gasteiger partial charge in [-0.15, -0.1) is 0 Å². The molecule has 1 N–H and O–H groups in total. The number of carbonyl (C=O) groups excluding carboxylic acids is 1. The lowest BCUT2D eigenvalue weighted by atomic mass is 10.1. The number of hydrogen-bond donors (Lipinski definition) is 1. The summed E-state index contributed by atoms with van der Waals surface area (Å²) in [5.41, 5.74) is 1.67. The van der Waals surface area contributed by atoms with Gasteiger partial charge in [0.15, 0.2) is 17.3 Å². The van der Waals surface area contributed by atoms with Crippen molar-refractivity contribution in [2.24, 2.45) is 0 Å². The van der Waals surface area contributed by atoms with Crippen LogP contribution in [0.3, 0.4) is 0 Å². The maximum atomic E-state index is 11.7. The Morgan fingerprint density at radius 1 is 1.00 bits per heavy atom. The number of morpholine rings is 1. The van der Waals surface area contributed by atoms with Gasteiger partial charge in [-0.2, -0.15) is 15.0 Å². The minimum absolute atomic E-state index is 0.0599. The first-order chi connectivity index (χ1) is 16.5. The van der Waals surface area contributed by atoms with Gasteiger partial charge in [-0.1, -0.05) is 6.08 Å². The molecule has 11 nitrogen and oxygen atoms in total. The molecule has 3 heterocycles. The fraction of sp³-hybridized carbons (Fsp3) is 0.478. The zero-order valence-corrected chi connectivity index (χ0v) is 20.0. The molecule has 0 radical (unpaired) electrons. The van der Waals surface area contributed by atoms with Crippen molar-refractivity contribution in [3.8, 4) is 17.2 Å². The summed E-state index contributed by atoms with van der Waals surface area (Å²) in [6, 6.07) is 3.59. The summed E-state index contributed by atoms with van der Waals surface area (Å²) in [4.78, 5) is 29.7. The van der Waals surface area contributed by atoms with Gasteiger partial charge in [-0.05, 0) is 12.0 Å². The molecule has 34 heavy (non-hydrogen) atoms. The van der Waals surface area contributed by atoms with Gasteiger partial charge >= 0.3 is 0 Å². The Balaban J connectivity index is 1.69. The average molecular weight is 471 g/mol. The van der Waals surface area contributed by atoms with E-state index in [1.807, 2.05) is 6.08 Å². The largest absolute Gasteiger partial charge is 0.493 e. The molecule has 182 valence electrons. The van der Waals surface area contributed by atoms with Gasteiger partial charge in [-0.3, -0.25) is 4.79 Å². The molecule has 2 aliphatic rings. The SMILES string of the molecule is COc1cc(Nc2nc(C3=CCN(C(C)=O)CC3)nc(N3CCOCC3)n2)cc(OC)c1OC. The molecule has 1 amide bonds. The van der Waals surface area contributed by atoms with Crippen LogP contribution in [0, 0.1) is 0 Å². The minimum atomic E-state index is 0.0599. The highest BCUT2D eigenvalue weighted by molar-refractivity contribution is 5.75. The Labute approximate surface area is 198 Å². The van der Waals surface area contributed by atoms with E-state index in [1.54, 1.807) is 45.3 Å². The zero-order chi connectivity index (χ0) is 24.1. The van der Waals surface area contributed by atoms with Crippen LogP contribution in [-0.4, -0.2) is 86.5 Å². The Bertz CT molecular complexity index is 1040. The van der Waals surface area contributed by atoms with Crippen molar-refractivity contribution in [1.82, 2.24) is 19.9 Å². The second-order valence-corrected chi connectivity index (χ2v) is 7.87. The molecule has 1 aromatic heterocycles. The standard InChI is InChI=1S/C23H30N6O5/c1-15(30)28-7-5-16(6-8-28)21-25-22(27-23(26-21)29-9-11-34-12-10-29)24-17-13-18(31-2)20(33-4)19(14-17)32-3/h5,13-14H,6-12H2,1-4H3,(H,24,25,26,27). The Hall–Kier alpha value is -3.60. The fourth-order valence-corrected chi connectivity index (χ4v) is 3.91. The molecule has 2 aromatic rings. The molecule has 0 atom stereocenters. The third kappa shape index (κ3) is 5.14. The summed E-state index contributed by atoms with van der Waals surface area (Å²) in [7, 11) is 4.70. The molecule has 0 bridgehead atoms. The van der Waals surface area contributed by atoms with Crippen LogP contribution < -0.4 is 24.4 Å². The monoisotopic (exact) mass is 470 g/mol. The first kappa shape index (κ1) is 23.6. The Kier molecular flexibility index (Phi) is 7.31. The van der Waals surface area contributed by atoms with E-state index in [2.05, 4.69) is 15.2 Å². The van der Waals surface area contributed by atoms with E-state index < -0.39 is 0 Å². The molecule has 11 heteroatoms. The number of rotatable bonds is 7. The second-order valence-electron chi connectivity index (χ2n) is 7.87. The van der Waals surface area contributed by atoms with Crippen LogP contribution in [0.15, 0.2) is 18.2 Å². The summed E-state index contributed by atoms with van der Waals surface area (Å²) in [6.07, 6.45) is 2.68. The van der Waals surface area contributed by atoms with Crippen LogP contribution >= 0.6 is 0 Å². The van der Waals surface area contributed by atoms with E-state index in [-0.39, 0.29) is 5.91 Å². The quantitative estimate of drug-likeness (QED) is 0.646. The third-order valence-electron chi connectivity index (χ3n) is 5.78. The highest BCUT2D eigenvalue weighted by Crippen LogP contribution is 2.40. The van der Waals surface area contributed by atoms with Crippen LogP contribution in [0.5, 0.6) is 17.2 Å². The highest BCUT2D eigenvalue weighted by Gasteiger charge is 2.22. The fourth-order valence-electron chi connectivity index (χ4n) is 3.91. The highest BCUT2D eigenvalue weighted by atomic mass is 16.5.